The van der Waals surface area contributed by atoms with Crippen molar-refractivity contribution in [3.63, 3.8) is 0 Å². The average molecular weight is 262 g/mol. The molecular formula is C19H20N. The summed E-state index contributed by atoms with van der Waals surface area (Å²) in [5.41, 5.74) is 5.99. The van der Waals surface area contributed by atoms with Crippen LogP contribution in [-0.2, 0) is 12.8 Å². The molecule has 1 radical (unpaired) electrons. The molecule has 0 aromatic heterocycles. The van der Waals surface area contributed by atoms with Gasteiger partial charge in [-0.2, -0.15) is 0 Å². The first-order valence-corrected chi connectivity index (χ1v) is 7.71. The van der Waals surface area contributed by atoms with Crippen LogP contribution in [0.25, 0.3) is 0 Å². The molecule has 0 N–H and O–H groups in total. The van der Waals surface area contributed by atoms with E-state index in [9.17, 15) is 0 Å². The molecule has 2 aliphatic rings. The van der Waals surface area contributed by atoms with E-state index >= 15 is 0 Å². The Hall–Kier alpha value is -1.76. The second-order valence-electron chi connectivity index (χ2n) is 5.86. The molecule has 4 rings (SSSR count). The van der Waals surface area contributed by atoms with Gasteiger partial charge < -0.3 is 4.90 Å². The third kappa shape index (κ3) is 1.93. The van der Waals surface area contributed by atoms with Gasteiger partial charge in [0.1, 0.15) is 0 Å². The summed E-state index contributed by atoms with van der Waals surface area (Å²) in [6.07, 6.45) is 6.15. The van der Waals surface area contributed by atoms with Crippen LogP contribution in [0.4, 0.5) is 5.69 Å². The fourth-order valence-corrected chi connectivity index (χ4v) is 3.74. The van der Waals surface area contributed by atoms with Crippen LogP contribution >= 0.6 is 0 Å². The lowest BCUT2D eigenvalue weighted by Crippen LogP contribution is -2.32. The number of para-hydroxylation sites is 1. The van der Waals surface area contributed by atoms with Gasteiger partial charge in [0, 0.05) is 5.69 Å². The molecule has 0 saturated carbocycles. The number of benzene rings is 2. The van der Waals surface area contributed by atoms with Crippen LogP contribution in [0, 0.1) is 6.54 Å². The quantitative estimate of drug-likeness (QED) is 0.721. The van der Waals surface area contributed by atoms with Gasteiger partial charge in [0.25, 0.3) is 0 Å². The smallest absolute Gasteiger partial charge is 0.0549 e. The molecule has 0 saturated heterocycles. The van der Waals surface area contributed by atoms with Gasteiger partial charge in [-0.15, -0.1) is 0 Å². The van der Waals surface area contributed by atoms with Gasteiger partial charge in [-0.05, 0) is 54.9 Å². The summed E-state index contributed by atoms with van der Waals surface area (Å²) in [4.78, 5) is 2.54. The first-order chi connectivity index (χ1) is 9.93. The van der Waals surface area contributed by atoms with E-state index in [1.807, 2.05) is 0 Å². The average Bonchev–Trinajstić information content (AvgIpc) is 2.54. The maximum atomic E-state index is 2.54. The van der Waals surface area contributed by atoms with Crippen LogP contribution in [0.2, 0.25) is 0 Å². The van der Waals surface area contributed by atoms with Gasteiger partial charge in [-0.1, -0.05) is 42.5 Å². The zero-order valence-electron chi connectivity index (χ0n) is 11.8. The van der Waals surface area contributed by atoms with Crippen molar-refractivity contribution in [1.82, 2.24) is 0 Å². The summed E-state index contributed by atoms with van der Waals surface area (Å²) in [6, 6.07) is 18.4. The number of rotatable bonds is 1. The fraction of sp³-hybridized carbons (Fsp3) is 0.316. The molecule has 0 fully saturated rings. The number of nitrogens with zero attached hydrogens (tertiary/aromatic N) is 1. The molecule has 0 amide bonds. The summed E-state index contributed by atoms with van der Waals surface area (Å²) in [5, 5.41) is 0. The van der Waals surface area contributed by atoms with E-state index < -0.39 is 0 Å². The van der Waals surface area contributed by atoms with Crippen molar-refractivity contribution in [2.24, 2.45) is 0 Å². The third-order valence-corrected chi connectivity index (χ3v) is 4.68. The number of hydrogen-bond donors (Lipinski definition) is 0. The van der Waals surface area contributed by atoms with E-state index in [2.05, 4.69) is 60.0 Å². The van der Waals surface area contributed by atoms with Crippen molar-refractivity contribution in [3.8, 4) is 0 Å². The molecule has 20 heavy (non-hydrogen) atoms. The van der Waals surface area contributed by atoms with Crippen molar-refractivity contribution in [3.05, 3.63) is 71.8 Å². The van der Waals surface area contributed by atoms with E-state index in [0.717, 1.165) is 6.42 Å². The fourth-order valence-electron chi connectivity index (χ4n) is 3.74. The topological polar surface area (TPSA) is 3.24 Å². The van der Waals surface area contributed by atoms with Crippen LogP contribution in [0.1, 0.15) is 42.0 Å². The first kappa shape index (κ1) is 12.0. The molecule has 2 aromatic rings. The predicted octanol–water partition coefficient (Wildman–Crippen LogP) is 4.68. The van der Waals surface area contributed by atoms with Crippen molar-refractivity contribution in [2.45, 2.75) is 38.1 Å². The van der Waals surface area contributed by atoms with Gasteiger partial charge in [0.05, 0.1) is 12.6 Å². The maximum Gasteiger partial charge on any atom is 0.0549 e. The molecule has 0 bridgehead atoms. The van der Waals surface area contributed by atoms with Crippen LogP contribution in [-0.4, -0.2) is 0 Å². The zero-order chi connectivity index (χ0) is 13.4. The predicted molar refractivity (Wildman–Crippen MR) is 83.7 cm³/mol. The summed E-state index contributed by atoms with van der Waals surface area (Å²) in [5.74, 6) is 0. The lowest BCUT2D eigenvalue weighted by Gasteiger charge is -2.40. The molecule has 1 unspecified atom stereocenters. The van der Waals surface area contributed by atoms with Gasteiger partial charge in [-0.25, -0.2) is 0 Å². The summed E-state index contributed by atoms with van der Waals surface area (Å²) < 4.78 is 0. The van der Waals surface area contributed by atoms with E-state index in [0.29, 0.717) is 6.04 Å². The zero-order valence-corrected chi connectivity index (χ0v) is 11.8. The highest BCUT2D eigenvalue weighted by Gasteiger charge is 2.28. The Morgan fingerprint density at radius 3 is 2.60 bits per heavy atom. The molecule has 1 nitrogen and oxygen atoms in total. The van der Waals surface area contributed by atoms with E-state index in [-0.39, 0.29) is 0 Å². The largest absolute Gasteiger partial charge is 0.359 e. The first-order valence-electron chi connectivity index (χ1n) is 7.71. The highest BCUT2D eigenvalue weighted by Crippen LogP contribution is 2.41. The molecular weight excluding hydrogens is 242 g/mol. The minimum absolute atomic E-state index is 0.529. The van der Waals surface area contributed by atoms with Gasteiger partial charge in [0.15, 0.2) is 0 Å². The Morgan fingerprint density at radius 2 is 1.65 bits per heavy atom. The Morgan fingerprint density at radius 1 is 0.850 bits per heavy atom. The van der Waals surface area contributed by atoms with E-state index in [1.165, 1.54) is 42.5 Å². The highest BCUT2D eigenvalue weighted by molar-refractivity contribution is 5.59. The summed E-state index contributed by atoms with van der Waals surface area (Å²) >= 11 is 0. The van der Waals surface area contributed by atoms with Gasteiger partial charge in [0.2, 0.25) is 0 Å². The molecule has 1 heteroatoms. The van der Waals surface area contributed by atoms with Crippen LogP contribution in [0.5, 0.6) is 0 Å². The van der Waals surface area contributed by atoms with Gasteiger partial charge >= 0.3 is 0 Å². The van der Waals surface area contributed by atoms with Crippen molar-refractivity contribution >= 4 is 5.69 Å². The van der Waals surface area contributed by atoms with Gasteiger partial charge in [-0.3, -0.25) is 0 Å². The number of anilines is 1. The second-order valence-corrected chi connectivity index (χ2v) is 5.86. The highest BCUT2D eigenvalue weighted by atomic mass is 15.2. The van der Waals surface area contributed by atoms with Crippen LogP contribution < -0.4 is 4.90 Å². The minimum atomic E-state index is 0.529. The second kappa shape index (κ2) is 4.97. The molecule has 1 heterocycles. The monoisotopic (exact) mass is 262 g/mol. The Balaban J connectivity index is 1.77. The standard InChI is InChI=1S/C19H20N/c1-3-11-17-15(7-1)9-5-13-19(17)20-14-6-10-16-8-2-4-12-18(16)20/h1-4,7-8,11-12,14,19H,5-6,9-10,13H2. The molecule has 1 aliphatic carbocycles. The molecule has 0 spiro atoms. The minimum Gasteiger partial charge on any atom is -0.359 e. The SMILES string of the molecule is [CH]1CCc2ccccc2N1C1CCCc2ccccc21. The Labute approximate surface area is 121 Å². The molecule has 2 aromatic carbocycles. The number of aryl methyl sites for hydroxylation is 2. The van der Waals surface area contributed by atoms with Crippen LogP contribution in [0.15, 0.2) is 48.5 Å². The van der Waals surface area contributed by atoms with Crippen molar-refractivity contribution in [2.75, 3.05) is 4.90 Å². The molecule has 1 aliphatic heterocycles. The van der Waals surface area contributed by atoms with Crippen LogP contribution in [0.3, 0.4) is 0 Å². The van der Waals surface area contributed by atoms with Crippen molar-refractivity contribution in [1.29, 1.82) is 0 Å². The Bertz CT molecular complexity index is 561. The van der Waals surface area contributed by atoms with Crippen molar-refractivity contribution < 1.29 is 0 Å². The number of hydrogen-bond acceptors (Lipinski definition) is 1. The summed E-state index contributed by atoms with van der Waals surface area (Å²) in [6.45, 7) is 2.41. The third-order valence-electron chi connectivity index (χ3n) is 4.68. The maximum absolute atomic E-state index is 2.54. The Kier molecular flexibility index (Phi) is 2.99. The number of fused-ring (bicyclic) bond motifs is 2. The molecule has 101 valence electrons. The molecule has 1 atom stereocenters. The lowest BCUT2D eigenvalue weighted by molar-refractivity contribution is 0.529. The lowest BCUT2D eigenvalue weighted by atomic mass is 9.85. The summed E-state index contributed by atoms with van der Waals surface area (Å²) in [7, 11) is 0. The normalized spacial score (nSPS) is 21.2. The van der Waals surface area contributed by atoms with E-state index in [4.69, 9.17) is 0 Å². The van der Waals surface area contributed by atoms with E-state index in [1.54, 1.807) is 5.56 Å².